The van der Waals surface area contributed by atoms with Crippen LogP contribution >= 0.6 is 11.8 Å². The summed E-state index contributed by atoms with van der Waals surface area (Å²) < 4.78 is 1.62. The van der Waals surface area contributed by atoms with Crippen molar-refractivity contribution in [1.29, 1.82) is 0 Å². The van der Waals surface area contributed by atoms with E-state index in [4.69, 9.17) is 0 Å². The number of aromatic nitrogens is 4. The fraction of sp³-hybridized carbons (Fsp3) is 0.467. The maximum Gasteiger partial charge on any atom is 0.319 e. The molecule has 2 amide bonds. The monoisotopic (exact) mass is 348 g/mol. The lowest BCUT2D eigenvalue weighted by Gasteiger charge is -2.26. The number of nitrogens with one attached hydrogen (secondary N) is 2. The molecule has 9 heteroatoms. The molecule has 3 N–H and O–H groups in total. The molecule has 0 atom stereocenters. The van der Waals surface area contributed by atoms with Crippen LogP contribution in [0.4, 0.5) is 10.5 Å². The van der Waals surface area contributed by atoms with Crippen molar-refractivity contribution in [2.45, 2.75) is 43.0 Å². The fourth-order valence-electron chi connectivity index (χ4n) is 2.76. The van der Waals surface area contributed by atoms with Crippen LogP contribution in [-0.4, -0.2) is 49.7 Å². The molecule has 0 radical (unpaired) electrons. The molecule has 1 aliphatic rings. The van der Waals surface area contributed by atoms with Crippen LogP contribution in [0, 0.1) is 0 Å². The van der Waals surface area contributed by atoms with Gasteiger partial charge in [-0.15, -0.1) is 5.10 Å². The quantitative estimate of drug-likeness (QED) is 0.728. The molecule has 0 spiro atoms. The fourth-order valence-corrected chi connectivity index (χ4v) is 3.19. The second-order valence-corrected chi connectivity index (χ2v) is 6.51. The molecule has 0 unspecified atom stereocenters. The molecule has 0 saturated heterocycles. The zero-order chi connectivity index (χ0) is 16.9. The first-order chi connectivity index (χ1) is 11.7. The maximum atomic E-state index is 12.1. The van der Waals surface area contributed by atoms with Crippen LogP contribution in [0.2, 0.25) is 0 Å². The molecule has 1 aromatic carbocycles. The van der Waals surface area contributed by atoms with Crippen LogP contribution in [0.15, 0.2) is 29.4 Å². The van der Waals surface area contributed by atoms with E-state index in [2.05, 4.69) is 26.2 Å². The average molecular weight is 348 g/mol. The molecule has 0 aliphatic heterocycles. The Kier molecular flexibility index (Phi) is 5.31. The van der Waals surface area contributed by atoms with Gasteiger partial charge in [0.05, 0.1) is 11.8 Å². The molecule has 128 valence electrons. The van der Waals surface area contributed by atoms with E-state index in [1.54, 1.807) is 4.68 Å². The van der Waals surface area contributed by atoms with Crippen molar-refractivity contribution in [2.24, 2.45) is 0 Å². The number of carbonyl (C=O) groups is 1. The smallest absolute Gasteiger partial charge is 0.319 e. The molecule has 1 fully saturated rings. The van der Waals surface area contributed by atoms with Gasteiger partial charge in [0.1, 0.15) is 0 Å². The minimum absolute atomic E-state index is 0.110. The highest BCUT2D eigenvalue weighted by atomic mass is 32.2. The van der Waals surface area contributed by atoms with Gasteiger partial charge in [0.15, 0.2) is 0 Å². The number of nitrogens with zero attached hydrogens (tertiary/aromatic N) is 4. The number of hydrogen-bond acceptors (Lipinski definition) is 6. The SMILES string of the molecule is CSc1nnnn1-c1cccc(NC(=O)NC2CCC(O)CC2)c1. The van der Waals surface area contributed by atoms with Gasteiger partial charge in [-0.3, -0.25) is 0 Å². The van der Waals surface area contributed by atoms with Crippen LogP contribution < -0.4 is 10.6 Å². The second-order valence-electron chi connectivity index (χ2n) is 5.73. The summed E-state index contributed by atoms with van der Waals surface area (Å²) in [6, 6.07) is 7.22. The minimum Gasteiger partial charge on any atom is -0.393 e. The standard InChI is InChI=1S/C15H20N6O2S/c1-24-15-18-19-20-21(15)12-4-2-3-11(9-12)17-14(23)16-10-5-7-13(22)8-6-10/h2-4,9-10,13,22H,5-8H2,1H3,(H2,16,17,23). The van der Waals surface area contributed by atoms with E-state index in [9.17, 15) is 9.90 Å². The Balaban J connectivity index is 1.63. The molecular formula is C15H20N6O2S. The van der Waals surface area contributed by atoms with Gasteiger partial charge in [0, 0.05) is 11.7 Å². The highest BCUT2D eigenvalue weighted by Gasteiger charge is 2.20. The number of aliphatic hydroxyl groups is 1. The van der Waals surface area contributed by atoms with Gasteiger partial charge in [0.2, 0.25) is 5.16 Å². The van der Waals surface area contributed by atoms with Gasteiger partial charge >= 0.3 is 6.03 Å². The summed E-state index contributed by atoms with van der Waals surface area (Å²) in [6.45, 7) is 0. The lowest BCUT2D eigenvalue weighted by Crippen LogP contribution is -2.40. The number of benzene rings is 1. The van der Waals surface area contributed by atoms with E-state index in [1.165, 1.54) is 11.8 Å². The Labute approximate surface area is 144 Å². The van der Waals surface area contributed by atoms with Gasteiger partial charge < -0.3 is 15.7 Å². The van der Waals surface area contributed by atoms with Crippen molar-refractivity contribution in [3.05, 3.63) is 24.3 Å². The Morgan fingerprint density at radius 3 is 2.88 bits per heavy atom. The van der Waals surface area contributed by atoms with E-state index < -0.39 is 0 Å². The van der Waals surface area contributed by atoms with Crippen molar-refractivity contribution >= 4 is 23.5 Å². The first-order valence-electron chi connectivity index (χ1n) is 7.84. The van der Waals surface area contributed by atoms with Crippen LogP contribution in [0.25, 0.3) is 5.69 Å². The van der Waals surface area contributed by atoms with E-state index in [-0.39, 0.29) is 18.2 Å². The van der Waals surface area contributed by atoms with Gasteiger partial charge in [0.25, 0.3) is 0 Å². The Hall–Kier alpha value is -2.13. The summed E-state index contributed by atoms with van der Waals surface area (Å²) in [5, 5.41) is 27.5. The number of aliphatic hydroxyl groups excluding tert-OH is 1. The number of carbonyl (C=O) groups excluding carboxylic acids is 1. The molecule has 3 rings (SSSR count). The van der Waals surface area contributed by atoms with Crippen molar-refractivity contribution in [1.82, 2.24) is 25.5 Å². The van der Waals surface area contributed by atoms with E-state index >= 15 is 0 Å². The van der Waals surface area contributed by atoms with Gasteiger partial charge in [-0.2, -0.15) is 4.68 Å². The zero-order valence-corrected chi connectivity index (χ0v) is 14.2. The van der Waals surface area contributed by atoms with Crippen LogP contribution in [-0.2, 0) is 0 Å². The second kappa shape index (κ2) is 7.63. The zero-order valence-electron chi connectivity index (χ0n) is 13.3. The third-order valence-corrected chi connectivity index (χ3v) is 4.62. The highest BCUT2D eigenvalue weighted by molar-refractivity contribution is 7.98. The lowest BCUT2D eigenvalue weighted by atomic mass is 9.93. The Bertz CT molecular complexity index is 699. The first-order valence-corrected chi connectivity index (χ1v) is 9.06. The molecule has 1 aliphatic carbocycles. The van der Waals surface area contributed by atoms with Crippen molar-refractivity contribution < 1.29 is 9.90 Å². The van der Waals surface area contributed by atoms with Gasteiger partial charge in [-0.25, -0.2) is 4.79 Å². The molecule has 2 aromatic rings. The van der Waals surface area contributed by atoms with Crippen molar-refractivity contribution in [3.63, 3.8) is 0 Å². The molecule has 0 bridgehead atoms. The Morgan fingerprint density at radius 1 is 1.33 bits per heavy atom. The van der Waals surface area contributed by atoms with Gasteiger partial charge in [-0.05, 0) is 60.6 Å². The number of rotatable bonds is 4. The number of tetrazole rings is 1. The normalized spacial score (nSPS) is 20.6. The third-order valence-electron chi connectivity index (χ3n) is 4.00. The lowest BCUT2D eigenvalue weighted by molar-refractivity contribution is 0.118. The van der Waals surface area contributed by atoms with Crippen LogP contribution in [0.5, 0.6) is 0 Å². The topological polar surface area (TPSA) is 105 Å². The summed E-state index contributed by atoms with van der Waals surface area (Å²) in [5.41, 5.74) is 1.45. The summed E-state index contributed by atoms with van der Waals surface area (Å²) in [7, 11) is 0. The average Bonchev–Trinajstić information content (AvgIpc) is 3.06. The number of hydrogen-bond donors (Lipinski definition) is 3. The van der Waals surface area contributed by atoms with E-state index in [0.717, 1.165) is 31.4 Å². The van der Waals surface area contributed by atoms with Crippen molar-refractivity contribution in [3.8, 4) is 5.69 Å². The molecule has 1 saturated carbocycles. The van der Waals surface area contributed by atoms with Crippen LogP contribution in [0.1, 0.15) is 25.7 Å². The molecule has 1 heterocycles. The highest BCUT2D eigenvalue weighted by Crippen LogP contribution is 2.20. The molecule has 24 heavy (non-hydrogen) atoms. The predicted octanol–water partition coefficient (Wildman–Crippen LogP) is 1.81. The summed E-state index contributed by atoms with van der Waals surface area (Å²) >= 11 is 1.45. The Morgan fingerprint density at radius 2 is 2.12 bits per heavy atom. The van der Waals surface area contributed by atoms with Crippen LogP contribution in [0.3, 0.4) is 0 Å². The number of anilines is 1. The molecular weight excluding hydrogens is 328 g/mol. The number of amides is 2. The van der Waals surface area contributed by atoms with Crippen molar-refractivity contribution in [2.75, 3.05) is 11.6 Å². The largest absolute Gasteiger partial charge is 0.393 e. The van der Waals surface area contributed by atoms with Gasteiger partial charge in [-0.1, -0.05) is 17.8 Å². The third kappa shape index (κ3) is 4.04. The number of thioether (sulfide) groups is 1. The predicted molar refractivity (Wildman–Crippen MR) is 91.4 cm³/mol. The summed E-state index contributed by atoms with van der Waals surface area (Å²) in [4.78, 5) is 12.1. The first kappa shape index (κ1) is 16.7. The minimum atomic E-state index is -0.240. The summed E-state index contributed by atoms with van der Waals surface area (Å²) in [6.07, 6.45) is 4.74. The summed E-state index contributed by atoms with van der Waals surface area (Å²) in [5.74, 6) is 0. The van der Waals surface area contributed by atoms with E-state index in [0.29, 0.717) is 10.8 Å². The van der Waals surface area contributed by atoms with E-state index in [1.807, 2.05) is 30.5 Å². The molecule has 1 aromatic heterocycles. The number of urea groups is 1. The molecule has 8 nitrogen and oxygen atoms in total. The maximum absolute atomic E-state index is 12.1.